The summed E-state index contributed by atoms with van der Waals surface area (Å²) in [6, 6.07) is 7.95. The van der Waals surface area contributed by atoms with Crippen LogP contribution >= 0.6 is 11.6 Å². The summed E-state index contributed by atoms with van der Waals surface area (Å²) in [6.45, 7) is 3.44. The van der Waals surface area contributed by atoms with E-state index in [9.17, 15) is 4.79 Å². The molecule has 2 fully saturated rings. The standard InChI is InChI=1S/C14H17ClN2O2/c15-13-4-2-1-3-10(13)5-17-6-11-8-19-9-12(7-17)16-14(11)18/h1-4,11-12H,5-9H2,(H,16,18)/t11-,12+/m1/s1. The van der Waals surface area contributed by atoms with Gasteiger partial charge in [0, 0.05) is 24.7 Å². The van der Waals surface area contributed by atoms with E-state index < -0.39 is 0 Å². The van der Waals surface area contributed by atoms with Gasteiger partial charge in [-0.3, -0.25) is 9.69 Å². The zero-order valence-electron chi connectivity index (χ0n) is 10.6. The fourth-order valence-electron chi connectivity index (χ4n) is 2.72. The lowest BCUT2D eigenvalue weighted by molar-refractivity contribution is -0.125. The molecule has 4 nitrogen and oxygen atoms in total. The van der Waals surface area contributed by atoms with Crippen LogP contribution in [-0.4, -0.2) is 43.2 Å². The fraction of sp³-hybridized carbons (Fsp3) is 0.500. The second-order valence-corrected chi connectivity index (χ2v) is 5.63. The molecule has 5 heteroatoms. The Morgan fingerprint density at radius 3 is 3.00 bits per heavy atom. The molecule has 2 bridgehead atoms. The Bertz CT molecular complexity index is 480. The van der Waals surface area contributed by atoms with Gasteiger partial charge in [-0.2, -0.15) is 0 Å². The molecule has 0 radical (unpaired) electrons. The molecule has 2 heterocycles. The second kappa shape index (κ2) is 5.49. The maximum Gasteiger partial charge on any atom is 0.227 e. The molecule has 1 aromatic carbocycles. The van der Waals surface area contributed by atoms with E-state index in [1.54, 1.807) is 0 Å². The zero-order chi connectivity index (χ0) is 13.2. The van der Waals surface area contributed by atoms with E-state index in [1.807, 2.05) is 24.3 Å². The molecular formula is C14H17ClN2O2. The van der Waals surface area contributed by atoms with Crippen molar-refractivity contribution in [2.24, 2.45) is 5.92 Å². The molecule has 2 aliphatic rings. The third-order valence-corrected chi connectivity index (χ3v) is 4.03. The highest BCUT2D eigenvalue weighted by Gasteiger charge is 2.33. The third-order valence-electron chi connectivity index (χ3n) is 3.66. The van der Waals surface area contributed by atoms with Crippen molar-refractivity contribution in [3.8, 4) is 0 Å². The number of ether oxygens (including phenoxy) is 1. The normalized spacial score (nSPS) is 27.7. The first kappa shape index (κ1) is 12.9. The summed E-state index contributed by atoms with van der Waals surface area (Å²) < 4.78 is 5.52. The van der Waals surface area contributed by atoms with Crippen molar-refractivity contribution in [3.05, 3.63) is 34.9 Å². The molecule has 3 rings (SSSR count). The summed E-state index contributed by atoms with van der Waals surface area (Å²) in [5.74, 6) is 0.0409. The Hall–Kier alpha value is -1.10. The molecule has 0 aromatic heterocycles. The lowest BCUT2D eigenvalue weighted by Gasteiger charge is -2.27. The molecule has 2 atom stereocenters. The van der Waals surface area contributed by atoms with Crippen LogP contribution in [0.5, 0.6) is 0 Å². The van der Waals surface area contributed by atoms with Crippen molar-refractivity contribution in [2.45, 2.75) is 12.6 Å². The largest absolute Gasteiger partial charge is 0.378 e. The number of carbonyl (C=O) groups is 1. The van der Waals surface area contributed by atoms with E-state index in [-0.39, 0.29) is 17.9 Å². The van der Waals surface area contributed by atoms with Crippen molar-refractivity contribution in [3.63, 3.8) is 0 Å². The van der Waals surface area contributed by atoms with E-state index in [0.717, 1.165) is 30.2 Å². The predicted molar refractivity (Wildman–Crippen MR) is 73.0 cm³/mol. The van der Waals surface area contributed by atoms with Gasteiger partial charge in [-0.05, 0) is 11.6 Å². The van der Waals surface area contributed by atoms with Crippen LogP contribution in [0.4, 0.5) is 0 Å². The average Bonchev–Trinajstić information content (AvgIpc) is 2.61. The van der Waals surface area contributed by atoms with Gasteiger partial charge in [0.05, 0.1) is 25.2 Å². The van der Waals surface area contributed by atoms with Crippen LogP contribution < -0.4 is 5.32 Å². The highest BCUT2D eigenvalue weighted by Crippen LogP contribution is 2.20. The Morgan fingerprint density at radius 2 is 2.16 bits per heavy atom. The van der Waals surface area contributed by atoms with Crippen LogP contribution in [0, 0.1) is 5.92 Å². The maximum atomic E-state index is 11.9. The number of hydrogen-bond donors (Lipinski definition) is 1. The van der Waals surface area contributed by atoms with E-state index in [2.05, 4.69) is 10.2 Å². The van der Waals surface area contributed by atoms with E-state index in [0.29, 0.717) is 13.2 Å². The molecule has 0 unspecified atom stereocenters. The lowest BCUT2D eigenvalue weighted by Crippen LogP contribution is -2.41. The summed E-state index contributed by atoms with van der Waals surface area (Å²) in [4.78, 5) is 14.2. The monoisotopic (exact) mass is 280 g/mol. The number of hydrogen-bond acceptors (Lipinski definition) is 3. The first-order valence-electron chi connectivity index (χ1n) is 6.56. The van der Waals surface area contributed by atoms with Crippen molar-refractivity contribution < 1.29 is 9.53 Å². The van der Waals surface area contributed by atoms with Crippen LogP contribution in [0.1, 0.15) is 5.56 Å². The summed E-state index contributed by atoms with van der Waals surface area (Å²) in [6.07, 6.45) is 0. The highest BCUT2D eigenvalue weighted by molar-refractivity contribution is 6.31. The summed E-state index contributed by atoms with van der Waals surface area (Å²) >= 11 is 6.20. The van der Waals surface area contributed by atoms with Crippen molar-refractivity contribution in [1.82, 2.24) is 10.2 Å². The van der Waals surface area contributed by atoms with Gasteiger partial charge < -0.3 is 10.1 Å². The van der Waals surface area contributed by atoms with Gasteiger partial charge in [0.15, 0.2) is 0 Å². The van der Waals surface area contributed by atoms with Gasteiger partial charge in [-0.25, -0.2) is 0 Å². The van der Waals surface area contributed by atoms with Crippen LogP contribution in [0.3, 0.4) is 0 Å². The van der Waals surface area contributed by atoms with Crippen molar-refractivity contribution in [2.75, 3.05) is 26.3 Å². The van der Waals surface area contributed by atoms with Crippen LogP contribution in [0.2, 0.25) is 5.02 Å². The minimum atomic E-state index is -0.0741. The number of halogens is 1. The number of fused-ring (bicyclic) bond motifs is 3. The zero-order valence-corrected chi connectivity index (χ0v) is 11.4. The lowest BCUT2D eigenvalue weighted by atomic mass is 10.1. The van der Waals surface area contributed by atoms with Gasteiger partial charge in [0.1, 0.15) is 0 Å². The minimum absolute atomic E-state index is 0.0741. The molecule has 1 N–H and O–H groups in total. The molecule has 2 saturated heterocycles. The third kappa shape index (κ3) is 2.91. The molecule has 1 amide bonds. The Labute approximate surface area is 117 Å². The minimum Gasteiger partial charge on any atom is -0.378 e. The highest BCUT2D eigenvalue weighted by atomic mass is 35.5. The summed E-state index contributed by atoms with van der Waals surface area (Å²) in [5, 5.41) is 3.82. The first-order chi connectivity index (χ1) is 9.22. The van der Waals surface area contributed by atoms with Gasteiger partial charge in [0.2, 0.25) is 5.91 Å². The van der Waals surface area contributed by atoms with E-state index in [4.69, 9.17) is 16.3 Å². The number of carbonyl (C=O) groups excluding carboxylic acids is 1. The maximum absolute atomic E-state index is 11.9. The van der Waals surface area contributed by atoms with Crippen molar-refractivity contribution >= 4 is 17.5 Å². The smallest absolute Gasteiger partial charge is 0.227 e. The molecular weight excluding hydrogens is 264 g/mol. The van der Waals surface area contributed by atoms with E-state index in [1.165, 1.54) is 0 Å². The number of amides is 1. The SMILES string of the molecule is O=C1N[C@@H]2COC[C@H]1CN(Cc1ccccc1Cl)C2. The first-order valence-corrected chi connectivity index (χ1v) is 6.94. The van der Waals surface area contributed by atoms with E-state index >= 15 is 0 Å². The number of nitrogens with one attached hydrogen (secondary N) is 1. The molecule has 2 aliphatic heterocycles. The van der Waals surface area contributed by atoms with Crippen LogP contribution in [0.15, 0.2) is 24.3 Å². The summed E-state index contributed by atoms with van der Waals surface area (Å²) in [7, 11) is 0. The average molecular weight is 281 g/mol. The van der Waals surface area contributed by atoms with Crippen LogP contribution in [0.25, 0.3) is 0 Å². The molecule has 0 spiro atoms. The van der Waals surface area contributed by atoms with Gasteiger partial charge in [0.25, 0.3) is 0 Å². The van der Waals surface area contributed by atoms with Crippen LogP contribution in [-0.2, 0) is 16.1 Å². The molecule has 102 valence electrons. The van der Waals surface area contributed by atoms with Gasteiger partial charge >= 0.3 is 0 Å². The fourth-order valence-corrected chi connectivity index (χ4v) is 2.91. The Morgan fingerprint density at radius 1 is 1.32 bits per heavy atom. The molecule has 0 saturated carbocycles. The van der Waals surface area contributed by atoms with Gasteiger partial charge in [-0.15, -0.1) is 0 Å². The molecule has 1 aromatic rings. The van der Waals surface area contributed by atoms with Gasteiger partial charge in [-0.1, -0.05) is 29.8 Å². The topological polar surface area (TPSA) is 41.6 Å². The quantitative estimate of drug-likeness (QED) is 0.888. The Kier molecular flexibility index (Phi) is 3.73. The summed E-state index contributed by atoms with van der Waals surface area (Å²) in [5.41, 5.74) is 1.11. The number of nitrogens with zero attached hydrogens (tertiary/aromatic N) is 1. The second-order valence-electron chi connectivity index (χ2n) is 5.23. The number of benzene rings is 1. The number of rotatable bonds is 2. The Balaban J connectivity index is 1.75. The molecule has 19 heavy (non-hydrogen) atoms. The predicted octanol–water partition coefficient (Wildman–Crippen LogP) is 1.29. The van der Waals surface area contributed by atoms with Crippen molar-refractivity contribution in [1.29, 1.82) is 0 Å². The molecule has 0 aliphatic carbocycles.